The van der Waals surface area contributed by atoms with Crippen molar-refractivity contribution in [1.82, 2.24) is 25.1 Å². The Kier molecular flexibility index (Phi) is 5.03. The maximum atomic E-state index is 12.5. The molecule has 1 amide bonds. The van der Waals surface area contributed by atoms with Crippen molar-refractivity contribution in [3.63, 3.8) is 0 Å². The van der Waals surface area contributed by atoms with E-state index in [9.17, 15) is 4.79 Å². The number of carbonyl (C=O) groups is 1. The number of aromatic amines is 1. The average molecular weight is 402 g/mol. The first-order valence-corrected chi connectivity index (χ1v) is 8.89. The van der Waals surface area contributed by atoms with Gasteiger partial charge in [0.15, 0.2) is 5.69 Å². The van der Waals surface area contributed by atoms with Gasteiger partial charge in [0.1, 0.15) is 0 Å². The molecule has 1 unspecified atom stereocenters. The number of H-pyrrole nitrogens is 1. The van der Waals surface area contributed by atoms with Crippen molar-refractivity contribution >= 4 is 21.8 Å². The Hall–Kier alpha value is -2.41. The largest absolute Gasteiger partial charge is 0.344 e. The normalized spacial score (nSPS) is 12.4. The van der Waals surface area contributed by atoms with Crippen LogP contribution in [0.2, 0.25) is 0 Å². The van der Waals surface area contributed by atoms with Crippen molar-refractivity contribution < 1.29 is 4.79 Å². The number of hydrogen-bond acceptors (Lipinski definition) is 3. The number of amides is 1. The van der Waals surface area contributed by atoms with Gasteiger partial charge in [0.25, 0.3) is 5.91 Å². The quantitative estimate of drug-likeness (QED) is 0.678. The fourth-order valence-corrected chi connectivity index (χ4v) is 3.39. The Bertz CT molecular complexity index is 852. The molecule has 0 aliphatic rings. The molecule has 7 heteroatoms. The molecule has 3 aromatic rings. The lowest BCUT2D eigenvalue weighted by Gasteiger charge is -2.14. The van der Waals surface area contributed by atoms with E-state index >= 15 is 0 Å². The van der Waals surface area contributed by atoms with Crippen molar-refractivity contribution in [3.8, 4) is 5.69 Å². The van der Waals surface area contributed by atoms with E-state index in [4.69, 9.17) is 0 Å². The van der Waals surface area contributed by atoms with Crippen molar-refractivity contribution in [2.45, 2.75) is 32.7 Å². The maximum Gasteiger partial charge on any atom is 0.273 e. The van der Waals surface area contributed by atoms with Gasteiger partial charge < -0.3 is 9.88 Å². The summed E-state index contributed by atoms with van der Waals surface area (Å²) >= 11 is 3.47. The van der Waals surface area contributed by atoms with Crippen LogP contribution in [0.25, 0.3) is 5.69 Å². The predicted molar refractivity (Wildman–Crippen MR) is 99.8 cm³/mol. The van der Waals surface area contributed by atoms with E-state index in [1.165, 1.54) is 0 Å². The molecule has 3 rings (SSSR count). The van der Waals surface area contributed by atoms with Crippen LogP contribution in [-0.2, 0) is 0 Å². The third kappa shape index (κ3) is 3.66. The highest BCUT2D eigenvalue weighted by atomic mass is 79.9. The number of nitrogens with zero attached hydrogens (tertiary/aromatic N) is 3. The molecule has 0 fully saturated rings. The van der Waals surface area contributed by atoms with Crippen LogP contribution in [0.5, 0.6) is 0 Å². The smallest absolute Gasteiger partial charge is 0.273 e. The molecule has 2 aromatic heterocycles. The summed E-state index contributed by atoms with van der Waals surface area (Å²) < 4.78 is 2.66. The molecule has 0 saturated heterocycles. The molecule has 1 aromatic carbocycles. The van der Waals surface area contributed by atoms with Crippen LogP contribution in [0.1, 0.15) is 54.5 Å². The minimum Gasteiger partial charge on any atom is -0.344 e. The van der Waals surface area contributed by atoms with Crippen LogP contribution in [0.3, 0.4) is 0 Å². The highest BCUT2D eigenvalue weighted by Gasteiger charge is 2.20. The van der Waals surface area contributed by atoms with E-state index in [2.05, 4.69) is 36.4 Å². The van der Waals surface area contributed by atoms with E-state index in [0.717, 1.165) is 21.4 Å². The fraction of sp³-hybridized carbons (Fsp3) is 0.278. The zero-order valence-corrected chi connectivity index (χ0v) is 15.9. The van der Waals surface area contributed by atoms with Crippen molar-refractivity contribution in [2.24, 2.45) is 0 Å². The number of benzene rings is 1. The molecule has 0 bridgehead atoms. The lowest BCUT2D eigenvalue weighted by molar-refractivity contribution is 0.0934. The molecule has 1 atom stereocenters. The van der Waals surface area contributed by atoms with Gasteiger partial charge in [0.2, 0.25) is 0 Å². The first-order valence-electron chi connectivity index (χ1n) is 8.10. The summed E-state index contributed by atoms with van der Waals surface area (Å²) in [6.07, 6.45) is 5.38. The molecular formula is C18H20BrN5O. The summed E-state index contributed by atoms with van der Waals surface area (Å²) in [7, 11) is 0. The van der Waals surface area contributed by atoms with Crippen molar-refractivity contribution in [1.29, 1.82) is 0 Å². The van der Waals surface area contributed by atoms with Crippen LogP contribution in [0.4, 0.5) is 0 Å². The minimum absolute atomic E-state index is 0.129. The van der Waals surface area contributed by atoms with Crippen LogP contribution in [0.15, 0.2) is 47.5 Å². The number of halogens is 1. The Morgan fingerprint density at radius 3 is 2.52 bits per heavy atom. The summed E-state index contributed by atoms with van der Waals surface area (Å²) in [5, 5.41) is 10.1. The third-order valence-electron chi connectivity index (χ3n) is 4.07. The second-order valence-electron chi connectivity index (χ2n) is 6.21. The zero-order chi connectivity index (χ0) is 18.0. The first-order chi connectivity index (χ1) is 12.0. The van der Waals surface area contributed by atoms with Crippen LogP contribution >= 0.6 is 15.9 Å². The zero-order valence-electron chi connectivity index (χ0n) is 14.3. The standard InChI is InChI=1S/C18H20BrN5O/c1-11(2)16-15(19)17(23-22-16)18(25)21-12(3)13-4-6-14(7-5-13)24-9-8-20-10-24/h4-12H,1-3H3,(H,21,25)(H,22,23). The molecule has 0 aliphatic heterocycles. The van der Waals surface area contributed by atoms with Gasteiger partial charge >= 0.3 is 0 Å². The van der Waals surface area contributed by atoms with Gasteiger partial charge in [-0.15, -0.1) is 0 Å². The van der Waals surface area contributed by atoms with Gasteiger partial charge in [-0.1, -0.05) is 26.0 Å². The van der Waals surface area contributed by atoms with Crippen LogP contribution < -0.4 is 5.32 Å². The van der Waals surface area contributed by atoms with Gasteiger partial charge in [-0.3, -0.25) is 9.89 Å². The Balaban J connectivity index is 1.71. The highest BCUT2D eigenvalue weighted by Crippen LogP contribution is 2.26. The Morgan fingerprint density at radius 2 is 1.96 bits per heavy atom. The minimum atomic E-state index is -0.207. The topological polar surface area (TPSA) is 75.6 Å². The summed E-state index contributed by atoms with van der Waals surface area (Å²) in [4.78, 5) is 16.5. The van der Waals surface area contributed by atoms with Gasteiger partial charge in [0.05, 0.1) is 22.5 Å². The summed E-state index contributed by atoms with van der Waals surface area (Å²) in [6.45, 7) is 6.04. The number of hydrogen-bond donors (Lipinski definition) is 2. The summed E-state index contributed by atoms with van der Waals surface area (Å²) in [5.41, 5.74) is 3.34. The second kappa shape index (κ2) is 7.23. The van der Waals surface area contributed by atoms with E-state index < -0.39 is 0 Å². The molecule has 2 heterocycles. The van der Waals surface area contributed by atoms with Gasteiger partial charge in [-0.2, -0.15) is 5.10 Å². The van der Waals surface area contributed by atoms with Crippen molar-refractivity contribution in [2.75, 3.05) is 0 Å². The monoisotopic (exact) mass is 401 g/mol. The average Bonchev–Trinajstić information content (AvgIpc) is 3.24. The molecule has 0 radical (unpaired) electrons. The maximum absolute atomic E-state index is 12.5. The highest BCUT2D eigenvalue weighted by molar-refractivity contribution is 9.10. The van der Waals surface area contributed by atoms with E-state index in [1.54, 1.807) is 12.5 Å². The SMILES string of the molecule is CC(C)c1[nH]nc(C(=O)NC(C)c2ccc(-n3ccnc3)cc2)c1Br. The van der Waals surface area contributed by atoms with E-state index in [0.29, 0.717) is 5.69 Å². The summed E-state index contributed by atoms with van der Waals surface area (Å²) in [5.74, 6) is 0.0535. The van der Waals surface area contributed by atoms with Gasteiger partial charge in [-0.05, 0) is 46.5 Å². The van der Waals surface area contributed by atoms with Gasteiger partial charge in [-0.25, -0.2) is 4.98 Å². The molecule has 0 saturated carbocycles. The number of carbonyl (C=O) groups excluding carboxylic acids is 1. The molecule has 0 spiro atoms. The molecule has 0 aliphatic carbocycles. The molecule has 130 valence electrons. The Labute approximate surface area is 154 Å². The predicted octanol–water partition coefficient (Wildman–Crippen LogP) is 3.97. The third-order valence-corrected chi connectivity index (χ3v) is 4.87. The van der Waals surface area contributed by atoms with Gasteiger partial charge in [0, 0.05) is 18.1 Å². The number of nitrogens with one attached hydrogen (secondary N) is 2. The summed E-state index contributed by atoms with van der Waals surface area (Å²) in [6, 6.07) is 7.87. The second-order valence-corrected chi connectivity index (χ2v) is 7.00. The fourth-order valence-electron chi connectivity index (χ4n) is 2.57. The van der Waals surface area contributed by atoms with Crippen molar-refractivity contribution in [3.05, 3.63) is 64.4 Å². The van der Waals surface area contributed by atoms with E-state index in [-0.39, 0.29) is 17.9 Å². The number of imidazole rings is 1. The molecule has 6 nitrogen and oxygen atoms in total. The lowest BCUT2D eigenvalue weighted by atomic mass is 10.1. The lowest BCUT2D eigenvalue weighted by Crippen LogP contribution is -2.27. The Morgan fingerprint density at radius 1 is 1.24 bits per heavy atom. The molecular weight excluding hydrogens is 382 g/mol. The molecule has 25 heavy (non-hydrogen) atoms. The number of rotatable bonds is 5. The number of aromatic nitrogens is 4. The van der Waals surface area contributed by atoms with Crippen LogP contribution in [0, 0.1) is 0 Å². The van der Waals surface area contributed by atoms with E-state index in [1.807, 2.05) is 55.8 Å². The first kappa shape index (κ1) is 17.4. The molecule has 2 N–H and O–H groups in total. The van der Waals surface area contributed by atoms with Crippen LogP contribution in [-0.4, -0.2) is 25.7 Å².